The third-order valence-electron chi connectivity index (χ3n) is 5.59. The third kappa shape index (κ3) is 3.67. The van der Waals surface area contributed by atoms with Gasteiger partial charge in [-0.3, -0.25) is 9.69 Å². The quantitative estimate of drug-likeness (QED) is 0.833. The molecule has 1 aromatic carbocycles. The summed E-state index contributed by atoms with van der Waals surface area (Å²) in [5.74, 6) is 1.63. The number of piperazine rings is 1. The first kappa shape index (κ1) is 17.9. The van der Waals surface area contributed by atoms with E-state index in [0.717, 1.165) is 56.3 Å². The molecule has 0 saturated carbocycles. The molecule has 0 N–H and O–H groups in total. The Kier molecular flexibility index (Phi) is 5.07. The second-order valence-electron chi connectivity index (χ2n) is 7.61. The molecule has 6 heteroatoms. The molecule has 0 aliphatic carbocycles. The Balaban J connectivity index is 1.38. The van der Waals surface area contributed by atoms with Gasteiger partial charge in [-0.25, -0.2) is 9.97 Å². The summed E-state index contributed by atoms with van der Waals surface area (Å²) < 4.78 is 0. The molecule has 2 fully saturated rings. The lowest BCUT2D eigenvalue weighted by Crippen LogP contribution is -2.52. The van der Waals surface area contributed by atoms with Crippen LogP contribution in [0.15, 0.2) is 42.7 Å². The van der Waals surface area contributed by atoms with E-state index in [0.29, 0.717) is 5.92 Å². The van der Waals surface area contributed by atoms with E-state index in [1.807, 2.05) is 35.2 Å². The largest absolute Gasteiger partial charge is 0.354 e. The molecule has 1 atom stereocenters. The molecule has 27 heavy (non-hydrogen) atoms. The molecule has 1 amide bonds. The van der Waals surface area contributed by atoms with Gasteiger partial charge in [-0.1, -0.05) is 32.0 Å². The van der Waals surface area contributed by atoms with E-state index < -0.39 is 0 Å². The number of rotatable bonds is 4. The first-order chi connectivity index (χ1) is 13.1. The minimum absolute atomic E-state index is 0.00369. The highest BCUT2D eigenvalue weighted by Gasteiger charge is 2.37. The molecule has 0 radical (unpaired) electrons. The molecule has 1 unspecified atom stereocenters. The average molecular weight is 365 g/mol. The van der Waals surface area contributed by atoms with Gasteiger partial charge in [-0.2, -0.15) is 0 Å². The summed E-state index contributed by atoms with van der Waals surface area (Å²) in [6.45, 7) is 8.66. The summed E-state index contributed by atoms with van der Waals surface area (Å²) in [6.07, 6.45) is 2.56. The van der Waals surface area contributed by atoms with Crippen molar-refractivity contribution >= 4 is 17.4 Å². The normalized spacial score (nSPS) is 21.3. The zero-order valence-electron chi connectivity index (χ0n) is 16.1. The van der Waals surface area contributed by atoms with Crippen molar-refractivity contribution in [1.29, 1.82) is 0 Å². The van der Waals surface area contributed by atoms with Crippen LogP contribution in [0.3, 0.4) is 0 Å². The number of hydrogen-bond donors (Lipinski definition) is 0. The van der Waals surface area contributed by atoms with Gasteiger partial charge in [0.2, 0.25) is 5.91 Å². The molecule has 142 valence electrons. The van der Waals surface area contributed by atoms with Crippen molar-refractivity contribution in [2.75, 3.05) is 42.5 Å². The number of para-hydroxylation sites is 1. The molecular weight excluding hydrogens is 338 g/mol. The van der Waals surface area contributed by atoms with Crippen molar-refractivity contribution in [2.45, 2.75) is 32.2 Å². The van der Waals surface area contributed by atoms with Gasteiger partial charge in [0, 0.05) is 50.2 Å². The Hall–Kier alpha value is -2.47. The monoisotopic (exact) mass is 365 g/mol. The van der Waals surface area contributed by atoms with Crippen LogP contribution in [0.4, 0.5) is 11.5 Å². The van der Waals surface area contributed by atoms with Crippen LogP contribution < -0.4 is 9.80 Å². The molecule has 2 aromatic rings. The second-order valence-corrected chi connectivity index (χ2v) is 7.61. The Morgan fingerprint density at radius 2 is 1.74 bits per heavy atom. The zero-order chi connectivity index (χ0) is 18.8. The van der Waals surface area contributed by atoms with Crippen LogP contribution in [0, 0.1) is 0 Å². The van der Waals surface area contributed by atoms with E-state index in [2.05, 4.69) is 39.7 Å². The molecule has 4 rings (SSSR count). The van der Waals surface area contributed by atoms with E-state index >= 15 is 0 Å². The van der Waals surface area contributed by atoms with Gasteiger partial charge in [0.15, 0.2) is 0 Å². The first-order valence-corrected chi connectivity index (χ1v) is 9.81. The van der Waals surface area contributed by atoms with Gasteiger partial charge in [0.25, 0.3) is 0 Å². The Bertz CT molecular complexity index is 786. The number of nitrogens with zero attached hydrogens (tertiary/aromatic N) is 5. The lowest BCUT2D eigenvalue weighted by molar-refractivity contribution is -0.121. The molecule has 2 aliphatic rings. The van der Waals surface area contributed by atoms with Crippen molar-refractivity contribution in [3.8, 4) is 0 Å². The molecule has 0 spiro atoms. The minimum Gasteiger partial charge on any atom is -0.354 e. The summed E-state index contributed by atoms with van der Waals surface area (Å²) in [7, 11) is 0. The van der Waals surface area contributed by atoms with Crippen molar-refractivity contribution in [1.82, 2.24) is 14.9 Å². The standard InChI is InChI=1S/C21H27N5O/c1-16(2)18-14-20(23-15-22-18)25-12-10-24(11-13-25)19-8-9-26(21(19)27)17-6-4-3-5-7-17/h3-7,14-16,19H,8-13H2,1-2H3. The highest BCUT2D eigenvalue weighted by atomic mass is 16.2. The molecule has 2 aliphatic heterocycles. The fourth-order valence-electron chi connectivity index (χ4n) is 3.98. The summed E-state index contributed by atoms with van der Waals surface area (Å²) in [6, 6.07) is 12.1. The predicted octanol–water partition coefficient (Wildman–Crippen LogP) is 2.53. The zero-order valence-corrected chi connectivity index (χ0v) is 16.1. The van der Waals surface area contributed by atoms with Crippen LogP contribution in [0.1, 0.15) is 31.9 Å². The number of aromatic nitrogens is 2. The van der Waals surface area contributed by atoms with Crippen molar-refractivity contribution in [3.05, 3.63) is 48.4 Å². The molecule has 0 bridgehead atoms. The summed E-state index contributed by atoms with van der Waals surface area (Å²) in [4.78, 5) is 28.3. The van der Waals surface area contributed by atoms with Crippen LogP contribution in [0.2, 0.25) is 0 Å². The average Bonchev–Trinajstić information content (AvgIpc) is 3.10. The van der Waals surface area contributed by atoms with E-state index in [1.54, 1.807) is 6.33 Å². The lowest BCUT2D eigenvalue weighted by Gasteiger charge is -2.37. The number of carbonyl (C=O) groups is 1. The number of hydrogen-bond acceptors (Lipinski definition) is 5. The van der Waals surface area contributed by atoms with Gasteiger partial charge in [0.05, 0.1) is 6.04 Å². The topological polar surface area (TPSA) is 52.6 Å². The second kappa shape index (κ2) is 7.64. The fourth-order valence-corrected chi connectivity index (χ4v) is 3.98. The van der Waals surface area contributed by atoms with E-state index in [1.165, 1.54) is 0 Å². The Labute approximate surface area is 160 Å². The van der Waals surface area contributed by atoms with E-state index in [4.69, 9.17) is 0 Å². The van der Waals surface area contributed by atoms with Crippen molar-refractivity contribution in [2.24, 2.45) is 0 Å². The van der Waals surface area contributed by atoms with Crippen LogP contribution >= 0.6 is 0 Å². The van der Waals surface area contributed by atoms with Gasteiger partial charge < -0.3 is 9.80 Å². The van der Waals surface area contributed by atoms with Gasteiger partial charge >= 0.3 is 0 Å². The molecular formula is C21H27N5O. The van der Waals surface area contributed by atoms with Crippen molar-refractivity contribution in [3.63, 3.8) is 0 Å². The maximum Gasteiger partial charge on any atom is 0.244 e. The van der Waals surface area contributed by atoms with Gasteiger partial charge in [-0.05, 0) is 24.5 Å². The highest BCUT2D eigenvalue weighted by Crippen LogP contribution is 2.26. The van der Waals surface area contributed by atoms with Crippen LogP contribution in [-0.4, -0.2) is 59.5 Å². The lowest BCUT2D eigenvalue weighted by atomic mass is 10.1. The Morgan fingerprint density at radius 3 is 2.44 bits per heavy atom. The van der Waals surface area contributed by atoms with Gasteiger partial charge in [-0.15, -0.1) is 0 Å². The van der Waals surface area contributed by atoms with Crippen LogP contribution in [0.5, 0.6) is 0 Å². The maximum absolute atomic E-state index is 12.9. The summed E-state index contributed by atoms with van der Waals surface area (Å²) in [5, 5.41) is 0. The maximum atomic E-state index is 12.9. The first-order valence-electron chi connectivity index (χ1n) is 9.81. The van der Waals surface area contributed by atoms with Crippen molar-refractivity contribution < 1.29 is 4.79 Å². The van der Waals surface area contributed by atoms with E-state index in [-0.39, 0.29) is 11.9 Å². The molecule has 3 heterocycles. The number of carbonyl (C=O) groups excluding carboxylic acids is 1. The highest BCUT2D eigenvalue weighted by molar-refractivity contribution is 5.99. The fraction of sp³-hybridized carbons (Fsp3) is 0.476. The van der Waals surface area contributed by atoms with E-state index in [9.17, 15) is 4.79 Å². The smallest absolute Gasteiger partial charge is 0.244 e. The third-order valence-corrected chi connectivity index (χ3v) is 5.59. The van der Waals surface area contributed by atoms with Crippen LogP contribution in [-0.2, 0) is 4.79 Å². The minimum atomic E-state index is 0.00369. The number of benzene rings is 1. The molecule has 6 nitrogen and oxygen atoms in total. The van der Waals surface area contributed by atoms with Crippen LogP contribution in [0.25, 0.3) is 0 Å². The number of anilines is 2. The predicted molar refractivity (Wildman–Crippen MR) is 107 cm³/mol. The SMILES string of the molecule is CC(C)c1cc(N2CCN(C3CCN(c4ccccc4)C3=O)CC2)ncn1. The Morgan fingerprint density at radius 1 is 1.00 bits per heavy atom. The summed E-state index contributed by atoms with van der Waals surface area (Å²) >= 11 is 0. The van der Waals surface area contributed by atoms with Gasteiger partial charge in [0.1, 0.15) is 12.1 Å². The molecule has 1 aromatic heterocycles. The number of amides is 1. The summed E-state index contributed by atoms with van der Waals surface area (Å²) in [5.41, 5.74) is 2.08. The molecule has 2 saturated heterocycles.